The predicted octanol–water partition coefficient (Wildman–Crippen LogP) is 3.58. The van der Waals surface area contributed by atoms with E-state index in [9.17, 15) is 0 Å². The Morgan fingerprint density at radius 3 is 2.94 bits per heavy atom. The van der Waals surface area contributed by atoms with Crippen molar-refractivity contribution in [1.82, 2.24) is 4.37 Å². The van der Waals surface area contributed by atoms with Gasteiger partial charge in [-0.25, -0.2) is 0 Å². The van der Waals surface area contributed by atoms with Crippen LogP contribution in [0.5, 0.6) is 0 Å². The number of aromatic nitrogens is 1. The fraction of sp³-hybridized carbons (Fsp3) is 0.417. The summed E-state index contributed by atoms with van der Waals surface area (Å²) < 4.78 is 4.26. The number of nitrogens with zero attached hydrogens (tertiary/aromatic N) is 1. The number of anilines is 2. The number of nitrogens with one attached hydrogen (secondary N) is 1. The lowest BCUT2D eigenvalue weighted by molar-refractivity contribution is 1.10. The monoisotopic (exact) mass is 265 g/mol. The Kier molecular flexibility index (Phi) is 2.80. The highest BCUT2D eigenvalue weighted by Gasteiger charge is 2.30. The number of hydrogen-bond donors (Lipinski definition) is 2. The molecule has 1 aliphatic carbocycles. The molecule has 1 aliphatic rings. The molecule has 17 heavy (non-hydrogen) atoms. The van der Waals surface area contributed by atoms with Crippen LogP contribution in [0.3, 0.4) is 0 Å². The van der Waals surface area contributed by atoms with Crippen LogP contribution in [0.25, 0.3) is 0 Å². The molecule has 3 rings (SSSR count). The maximum absolute atomic E-state index is 5.92. The molecule has 1 fully saturated rings. The summed E-state index contributed by atoms with van der Waals surface area (Å²) in [5.41, 5.74) is 9.89. The zero-order chi connectivity index (χ0) is 11.8. The first-order valence-corrected chi connectivity index (χ1v) is 7.48. The SMILES string of the molecule is Cc1cscc1CNc1snc(N)c1C1CC1. The Bertz CT molecular complexity index is 526. The topological polar surface area (TPSA) is 50.9 Å². The molecule has 0 spiro atoms. The number of rotatable bonds is 4. The molecule has 2 aromatic heterocycles. The third-order valence-corrected chi connectivity index (χ3v) is 4.89. The van der Waals surface area contributed by atoms with Crippen LogP contribution in [-0.4, -0.2) is 4.37 Å². The fourth-order valence-electron chi connectivity index (χ4n) is 1.95. The summed E-state index contributed by atoms with van der Waals surface area (Å²) in [5, 5.41) is 9.02. The molecule has 1 saturated carbocycles. The van der Waals surface area contributed by atoms with Crippen molar-refractivity contribution >= 4 is 33.7 Å². The van der Waals surface area contributed by atoms with Crippen molar-refractivity contribution in [3.8, 4) is 0 Å². The summed E-state index contributed by atoms with van der Waals surface area (Å²) in [5.74, 6) is 1.38. The van der Waals surface area contributed by atoms with E-state index < -0.39 is 0 Å². The Hall–Kier alpha value is -1.07. The zero-order valence-corrected chi connectivity index (χ0v) is 11.3. The smallest absolute Gasteiger partial charge is 0.142 e. The lowest BCUT2D eigenvalue weighted by atomic mass is 10.2. The van der Waals surface area contributed by atoms with Crippen LogP contribution in [0.4, 0.5) is 10.8 Å². The van der Waals surface area contributed by atoms with Crippen molar-refractivity contribution in [3.63, 3.8) is 0 Å². The molecule has 90 valence electrons. The van der Waals surface area contributed by atoms with E-state index in [1.807, 2.05) is 0 Å². The quantitative estimate of drug-likeness (QED) is 0.888. The molecule has 0 atom stereocenters. The first kappa shape index (κ1) is 11.0. The minimum Gasteiger partial charge on any atom is -0.383 e. The van der Waals surface area contributed by atoms with Crippen LogP contribution < -0.4 is 11.1 Å². The standard InChI is InChI=1S/C12H15N3S2/c1-7-5-16-6-9(7)4-14-12-10(8-2-3-8)11(13)15-17-12/h5-6,8,14H,2-4H2,1H3,(H2,13,15). The number of nitrogens with two attached hydrogens (primary N) is 1. The van der Waals surface area contributed by atoms with Crippen molar-refractivity contribution in [1.29, 1.82) is 0 Å². The number of hydrogen-bond acceptors (Lipinski definition) is 5. The molecule has 0 radical (unpaired) electrons. The Morgan fingerprint density at radius 2 is 2.29 bits per heavy atom. The highest BCUT2D eigenvalue weighted by atomic mass is 32.1. The maximum Gasteiger partial charge on any atom is 0.142 e. The largest absolute Gasteiger partial charge is 0.383 e. The molecule has 0 bridgehead atoms. The second kappa shape index (κ2) is 4.31. The van der Waals surface area contributed by atoms with Gasteiger partial charge in [0.1, 0.15) is 10.8 Å². The van der Waals surface area contributed by atoms with Gasteiger partial charge in [-0.15, -0.1) is 0 Å². The second-order valence-electron chi connectivity index (χ2n) is 4.52. The molecule has 3 N–H and O–H groups in total. The van der Waals surface area contributed by atoms with Gasteiger partial charge in [-0.1, -0.05) is 0 Å². The Morgan fingerprint density at radius 1 is 1.47 bits per heavy atom. The highest BCUT2D eigenvalue weighted by Crippen LogP contribution is 2.47. The van der Waals surface area contributed by atoms with Crippen molar-refractivity contribution < 1.29 is 0 Å². The van der Waals surface area contributed by atoms with Gasteiger partial charge in [0.2, 0.25) is 0 Å². The van der Waals surface area contributed by atoms with Crippen LogP contribution in [-0.2, 0) is 6.54 Å². The van der Waals surface area contributed by atoms with Crippen molar-refractivity contribution in [3.05, 3.63) is 27.5 Å². The van der Waals surface area contributed by atoms with E-state index >= 15 is 0 Å². The summed E-state index contributed by atoms with van der Waals surface area (Å²) >= 11 is 3.24. The van der Waals surface area contributed by atoms with Gasteiger partial charge in [0, 0.05) is 12.1 Å². The lowest BCUT2D eigenvalue weighted by Gasteiger charge is -2.06. The van der Waals surface area contributed by atoms with Crippen molar-refractivity contribution in [2.75, 3.05) is 11.1 Å². The van der Waals surface area contributed by atoms with Crippen LogP contribution in [0.1, 0.15) is 35.4 Å². The van der Waals surface area contributed by atoms with Crippen molar-refractivity contribution in [2.24, 2.45) is 0 Å². The molecule has 0 aliphatic heterocycles. The first-order chi connectivity index (χ1) is 8.25. The van der Waals surface area contributed by atoms with E-state index in [2.05, 4.69) is 27.4 Å². The summed E-state index contributed by atoms with van der Waals surface area (Å²) in [7, 11) is 0. The van der Waals surface area contributed by atoms with Gasteiger partial charge in [-0.3, -0.25) is 0 Å². The molecular formula is C12H15N3S2. The molecule has 5 heteroatoms. The number of aryl methyl sites for hydroxylation is 1. The van der Waals surface area contributed by atoms with E-state index in [0.717, 1.165) is 17.4 Å². The molecule has 0 aromatic carbocycles. The fourth-order valence-corrected chi connectivity index (χ4v) is 3.60. The Balaban J connectivity index is 1.75. The van der Waals surface area contributed by atoms with E-state index in [-0.39, 0.29) is 0 Å². The third kappa shape index (κ3) is 2.17. The zero-order valence-electron chi connectivity index (χ0n) is 9.69. The average molecular weight is 265 g/mol. The van der Waals surface area contributed by atoms with Crippen molar-refractivity contribution in [2.45, 2.75) is 32.2 Å². The average Bonchev–Trinajstić information content (AvgIpc) is 2.96. The maximum atomic E-state index is 5.92. The van der Waals surface area contributed by atoms with E-state index in [4.69, 9.17) is 5.73 Å². The Labute approximate surface area is 109 Å². The summed E-state index contributed by atoms with van der Waals surface area (Å²) in [6, 6.07) is 0. The van der Waals surface area contributed by atoms with Gasteiger partial charge in [-0.05, 0) is 59.1 Å². The predicted molar refractivity (Wildman–Crippen MR) is 74.9 cm³/mol. The molecule has 0 saturated heterocycles. The number of nitrogen functional groups attached to an aromatic ring is 1. The molecule has 0 amide bonds. The van der Waals surface area contributed by atoms with Gasteiger partial charge in [0.15, 0.2) is 0 Å². The van der Waals surface area contributed by atoms with E-state index in [0.29, 0.717) is 5.92 Å². The molecule has 0 unspecified atom stereocenters. The highest BCUT2D eigenvalue weighted by molar-refractivity contribution is 7.10. The first-order valence-electron chi connectivity index (χ1n) is 5.76. The van der Waals surface area contributed by atoms with Gasteiger partial charge in [0.25, 0.3) is 0 Å². The van der Waals surface area contributed by atoms with Crippen LogP contribution in [0.2, 0.25) is 0 Å². The molecule has 2 heterocycles. The van der Waals surface area contributed by atoms with E-state index in [1.165, 1.54) is 41.1 Å². The van der Waals surface area contributed by atoms with Gasteiger partial charge >= 0.3 is 0 Å². The van der Waals surface area contributed by atoms with E-state index in [1.54, 1.807) is 11.3 Å². The summed E-state index contributed by atoms with van der Waals surface area (Å²) in [6.45, 7) is 3.02. The number of thiophene rings is 1. The summed E-state index contributed by atoms with van der Waals surface area (Å²) in [6.07, 6.45) is 2.52. The minimum atomic E-state index is 0.653. The molecule has 2 aromatic rings. The van der Waals surface area contributed by atoms with Crippen LogP contribution in [0, 0.1) is 6.92 Å². The lowest BCUT2D eigenvalue weighted by Crippen LogP contribution is -2.00. The third-order valence-electron chi connectivity index (χ3n) is 3.14. The van der Waals surface area contributed by atoms with Crippen LogP contribution >= 0.6 is 22.9 Å². The molecule has 3 nitrogen and oxygen atoms in total. The van der Waals surface area contributed by atoms with Gasteiger partial charge in [-0.2, -0.15) is 15.7 Å². The second-order valence-corrected chi connectivity index (χ2v) is 6.04. The summed E-state index contributed by atoms with van der Waals surface area (Å²) in [4.78, 5) is 0. The normalized spacial score (nSPS) is 15.1. The van der Waals surface area contributed by atoms with Gasteiger partial charge < -0.3 is 11.1 Å². The molecular weight excluding hydrogens is 250 g/mol. The minimum absolute atomic E-state index is 0.653. The van der Waals surface area contributed by atoms with Crippen LogP contribution in [0.15, 0.2) is 10.8 Å². The van der Waals surface area contributed by atoms with Gasteiger partial charge in [0.05, 0.1) is 0 Å².